The number of carbonyl (C=O) groups is 4. The number of benzene rings is 1. The average molecular weight is 597 g/mol. The smallest absolute Gasteiger partial charge is 0.303 e. The van der Waals surface area contributed by atoms with E-state index in [4.69, 9.17) is 47.9 Å². The predicted molar refractivity (Wildman–Crippen MR) is 146 cm³/mol. The minimum Gasteiger partial charge on any atom is -0.463 e. The van der Waals surface area contributed by atoms with Crippen molar-refractivity contribution in [2.75, 3.05) is 6.61 Å². The number of aromatic nitrogens is 3. The summed E-state index contributed by atoms with van der Waals surface area (Å²) in [5, 5.41) is 7.95. The van der Waals surface area contributed by atoms with Crippen LogP contribution < -0.4 is 5.32 Å². The normalized spacial score (nSPS) is 22.4. The Morgan fingerprint density at radius 2 is 1.68 bits per heavy atom. The van der Waals surface area contributed by atoms with Gasteiger partial charge in [0.05, 0.1) is 5.02 Å². The van der Waals surface area contributed by atoms with Gasteiger partial charge in [0.2, 0.25) is 10.7 Å². The highest BCUT2D eigenvalue weighted by molar-refractivity contribution is 7.71. The average Bonchev–Trinajstić information content (AvgIpc) is 3.15. The number of nitrogens with zero attached hydrogens (tertiary/aromatic N) is 3. The van der Waals surface area contributed by atoms with Gasteiger partial charge in [0, 0.05) is 39.8 Å². The van der Waals surface area contributed by atoms with Crippen LogP contribution in [0.25, 0.3) is 11.4 Å². The predicted octanol–water partition coefficient (Wildman–Crippen LogP) is 3.22. The van der Waals surface area contributed by atoms with Crippen LogP contribution in [0.15, 0.2) is 24.3 Å². The first-order chi connectivity index (χ1) is 18.8. The van der Waals surface area contributed by atoms with Crippen molar-refractivity contribution < 1.29 is 38.1 Å². The fraction of sp³-hybridized carbons (Fsp3) is 0.538. The zero-order chi connectivity index (χ0) is 29.7. The van der Waals surface area contributed by atoms with Crippen LogP contribution in [0.5, 0.6) is 0 Å². The van der Waals surface area contributed by atoms with Crippen LogP contribution in [0, 0.1) is 10.7 Å². The van der Waals surface area contributed by atoms with E-state index in [1.165, 1.54) is 32.4 Å². The summed E-state index contributed by atoms with van der Waals surface area (Å²) >= 11 is 12.4. The maximum Gasteiger partial charge on any atom is 0.303 e. The highest BCUT2D eigenvalue weighted by Crippen LogP contribution is 2.35. The Balaban J connectivity index is 2.24. The van der Waals surface area contributed by atoms with Crippen LogP contribution in [0.4, 0.5) is 0 Å². The van der Waals surface area contributed by atoms with Gasteiger partial charge < -0.3 is 24.3 Å². The molecule has 5 atom stereocenters. The van der Waals surface area contributed by atoms with E-state index in [1.807, 2.05) is 19.9 Å². The summed E-state index contributed by atoms with van der Waals surface area (Å²) in [5.74, 6) is -1.85. The van der Waals surface area contributed by atoms with Gasteiger partial charge >= 0.3 is 17.9 Å². The van der Waals surface area contributed by atoms with E-state index in [2.05, 4.69) is 5.32 Å². The molecule has 0 radical (unpaired) electrons. The van der Waals surface area contributed by atoms with E-state index in [0.29, 0.717) is 23.0 Å². The molecule has 1 aliphatic rings. The van der Waals surface area contributed by atoms with E-state index in [0.717, 1.165) is 0 Å². The lowest BCUT2D eigenvalue weighted by Gasteiger charge is -2.45. The van der Waals surface area contributed by atoms with E-state index in [9.17, 15) is 19.2 Å². The molecule has 0 aliphatic carbocycles. The van der Waals surface area contributed by atoms with E-state index in [-0.39, 0.29) is 17.3 Å². The summed E-state index contributed by atoms with van der Waals surface area (Å²) < 4.78 is 26.0. The molecule has 2 aromatic rings. The maximum absolute atomic E-state index is 12.4. The van der Waals surface area contributed by atoms with Gasteiger partial charge in [-0.05, 0) is 30.3 Å². The molecule has 2 heterocycles. The molecule has 0 bridgehead atoms. The van der Waals surface area contributed by atoms with Crippen LogP contribution in [-0.2, 0) is 44.7 Å². The molecule has 3 rings (SSSR count). The summed E-state index contributed by atoms with van der Waals surface area (Å²) in [7, 11) is 0. The molecule has 0 spiro atoms. The summed E-state index contributed by atoms with van der Waals surface area (Å²) in [5.41, 5.74) is 0.618. The van der Waals surface area contributed by atoms with Crippen molar-refractivity contribution in [3.8, 4) is 11.4 Å². The third-order valence-corrected chi connectivity index (χ3v) is 6.62. The molecule has 1 aromatic carbocycles. The lowest BCUT2D eigenvalue weighted by molar-refractivity contribution is -0.239. The van der Waals surface area contributed by atoms with Gasteiger partial charge in [0.25, 0.3) is 0 Å². The van der Waals surface area contributed by atoms with Crippen molar-refractivity contribution >= 4 is 47.6 Å². The number of nitrogens with one attached hydrogen (secondary N) is 1. The standard InChI is InChI=1S/C26H33ClN4O8S/c1-13(2)11-30-24(18-9-7-8-10-19(18)27)29-31(26(30)40)25-21(28-14(3)32)23(38-17(6)35)22(37-16(5)34)20(39-25)12-36-15(4)33/h7-10,13,20-23,25H,11-12H2,1-6H3,(H,28,32)/t20-,21-,22-,23-,25-/m1/s1. The second-order valence-corrected chi connectivity index (χ2v) is 10.5. The molecule has 12 nitrogen and oxygen atoms in total. The Labute approximate surface area is 241 Å². The van der Waals surface area contributed by atoms with Crippen molar-refractivity contribution in [1.29, 1.82) is 0 Å². The molecule has 1 aromatic heterocycles. The number of ether oxygens (including phenoxy) is 4. The molecule has 0 unspecified atom stereocenters. The third kappa shape index (κ3) is 7.46. The molecule has 1 N–H and O–H groups in total. The molecule has 1 saturated heterocycles. The number of rotatable bonds is 9. The molecule has 1 aliphatic heterocycles. The lowest BCUT2D eigenvalue weighted by atomic mass is 9.95. The zero-order valence-electron chi connectivity index (χ0n) is 23.1. The van der Waals surface area contributed by atoms with Gasteiger partial charge in [-0.25, -0.2) is 4.68 Å². The van der Waals surface area contributed by atoms with Crippen LogP contribution in [0.3, 0.4) is 0 Å². The fourth-order valence-electron chi connectivity index (χ4n) is 4.47. The first-order valence-electron chi connectivity index (χ1n) is 12.6. The second kappa shape index (κ2) is 13.4. The zero-order valence-corrected chi connectivity index (χ0v) is 24.7. The molecule has 0 saturated carbocycles. The SMILES string of the molecule is CC(=O)N[C@@H]1[C@@H](OC(C)=O)[C@H](OC(C)=O)[C@@H](COC(C)=O)O[C@H]1n1nc(-c2ccccc2Cl)n(CC(C)C)c1=S. The van der Waals surface area contributed by atoms with Crippen molar-refractivity contribution in [2.45, 2.75) is 78.7 Å². The van der Waals surface area contributed by atoms with Gasteiger partial charge in [-0.1, -0.05) is 37.6 Å². The summed E-state index contributed by atoms with van der Waals surface area (Å²) in [4.78, 5) is 48.2. The minimum atomic E-state index is -1.24. The monoisotopic (exact) mass is 596 g/mol. The first kappa shape index (κ1) is 31.2. The molecule has 14 heteroatoms. The Kier molecular flexibility index (Phi) is 10.4. The lowest BCUT2D eigenvalue weighted by Crippen LogP contribution is -2.64. The third-order valence-electron chi connectivity index (χ3n) is 5.88. The van der Waals surface area contributed by atoms with Gasteiger partial charge in [0.15, 0.2) is 24.3 Å². The van der Waals surface area contributed by atoms with Crippen LogP contribution in [0.1, 0.15) is 47.8 Å². The number of halogens is 1. The molecule has 218 valence electrons. The quantitative estimate of drug-likeness (QED) is 0.261. The van der Waals surface area contributed by atoms with Crippen molar-refractivity contribution in [1.82, 2.24) is 19.7 Å². The van der Waals surface area contributed by atoms with E-state index < -0.39 is 54.4 Å². The number of hydrogen-bond donors (Lipinski definition) is 1. The molecular weight excluding hydrogens is 564 g/mol. The Morgan fingerprint density at radius 3 is 2.23 bits per heavy atom. The Bertz CT molecular complexity index is 1330. The van der Waals surface area contributed by atoms with Gasteiger partial charge in [0.1, 0.15) is 18.8 Å². The number of esters is 3. The number of amides is 1. The van der Waals surface area contributed by atoms with Gasteiger partial charge in [-0.3, -0.25) is 23.7 Å². The van der Waals surface area contributed by atoms with Crippen molar-refractivity contribution in [2.24, 2.45) is 5.92 Å². The topological polar surface area (TPSA) is 140 Å². The Morgan fingerprint density at radius 1 is 1.05 bits per heavy atom. The summed E-state index contributed by atoms with van der Waals surface area (Å²) in [6, 6.07) is 6.03. The summed E-state index contributed by atoms with van der Waals surface area (Å²) in [6.07, 6.45) is -4.75. The largest absolute Gasteiger partial charge is 0.463 e. The molecule has 1 amide bonds. The number of carbonyl (C=O) groups excluding carboxylic acids is 4. The highest BCUT2D eigenvalue weighted by atomic mass is 35.5. The molecular formula is C26H33ClN4O8S. The van der Waals surface area contributed by atoms with Crippen LogP contribution >= 0.6 is 23.8 Å². The van der Waals surface area contributed by atoms with Crippen molar-refractivity contribution in [3.05, 3.63) is 34.1 Å². The van der Waals surface area contributed by atoms with E-state index in [1.54, 1.807) is 22.8 Å². The minimum absolute atomic E-state index is 0.169. The maximum atomic E-state index is 12.4. The van der Waals surface area contributed by atoms with Crippen molar-refractivity contribution in [3.63, 3.8) is 0 Å². The van der Waals surface area contributed by atoms with Crippen LogP contribution in [-0.4, -0.2) is 69.1 Å². The van der Waals surface area contributed by atoms with Crippen LogP contribution in [0.2, 0.25) is 5.02 Å². The van der Waals surface area contributed by atoms with E-state index >= 15 is 0 Å². The van der Waals surface area contributed by atoms with Gasteiger partial charge in [-0.2, -0.15) is 0 Å². The Hall–Kier alpha value is -3.29. The first-order valence-corrected chi connectivity index (χ1v) is 13.4. The van der Waals surface area contributed by atoms with Gasteiger partial charge in [-0.15, -0.1) is 5.10 Å². The fourth-order valence-corrected chi connectivity index (χ4v) is 4.99. The highest BCUT2D eigenvalue weighted by Gasteiger charge is 2.52. The summed E-state index contributed by atoms with van der Waals surface area (Å²) in [6.45, 7) is 9.02. The molecule has 1 fully saturated rings. The number of hydrogen-bond acceptors (Lipinski definition) is 10. The molecule has 40 heavy (non-hydrogen) atoms. The second-order valence-electron chi connectivity index (χ2n) is 9.78.